The minimum Gasteiger partial charge on any atom is -0.462 e. The number of carbonyl (C=O) groups is 3. The standard InChI is InChI=1S/C15H16F2N2O4/c1-8(2)23-12(20)7-19-13(21)15(3,18-14(19)22)9-4-5-10(16)11(17)6-9/h4-6,8H,7H2,1-3H3,(H,18,22). The highest BCUT2D eigenvalue weighted by Crippen LogP contribution is 2.29. The molecular weight excluding hydrogens is 310 g/mol. The predicted molar refractivity (Wildman–Crippen MR) is 75.2 cm³/mol. The molecule has 1 unspecified atom stereocenters. The predicted octanol–water partition coefficient (Wildman–Crippen LogP) is 1.68. The van der Waals surface area contributed by atoms with Gasteiger partial charge in [0.25, 0.3) is 5.91 Å². The third-order valence-electron chi connectivity index (χ3n) is 3.43. The van der Waals surface area contributed by atoms with E-state index in [2.05, 4.69) is 5.32 Å². The van der Waals surface area contributed by atoms with Crippen LogP contribution in [-0.2, 0) is 19.9 Å². The maximum Gasteiger partial charge on any atom is 0.326 e. The van der Waals surface area contributed by atoms with Crippen molar-refractivity contribution in [2.75, 3.05) is 6.54 Å². The Morgan fingerprint density at radius 3 is 2.52 bits per heavy atom. The molecule has 0 aromatic heterocycles. The Hall–Kier alpha value is -2.51. The Bertz CT molecular complexity index is 677. The van der Waals surface area contributed by atoms with Gasteiger partial charge in [0.2, 0.25) is 0 Å². The van der Waals surface area contributed by atoms with Gasteiger partial charge >= 0.3 is 12.0 Å². The molecule has 1 N–H and O–H groups in total. The second-order valence-electron chi connectivity index (χ2n) is 5.61. The van der Waals surface area contributed by atoms with E-state index in [1.807, 2.05) is 0 Å². The highest BCUT2D eigenvalue weighted by atomic mass is 19.2. The molecule has 2 rings (SSSR count). The minimum absolute atomic E-state index is 0.0782. The van der Waals surface area contributed by atoms with Crippen LogP contribution in [0.15, 0.2) is 18.2 Å². The quantitative estimate of drug-likeness (QED) is 0.675. The summed E-state index contributed by atoms with van der Waals surface area (Å²) < 4.78 is 31.3. The van der Waals surface area contributed by atoms with E-state index in [4.69, 9.17) is 4.74 Å². The fraction of sp³-hybridized carbons (Fsp3) is 0.400. The average Bonchev–Trinajstić information content (AvgIpc) is 2.65. The number of hydrogen-bond acceptors (Lipinski definition) is 4. The van der Waals surface area contributed by atoms with Gasteiger partial charge in [0.05, 0.1) is 6.10 Å². The van der Waals surface area contributed by atoms with Crippen LogP contribution in [0.3, 0.4) is 0 Å². The maximum absolute atomic E-state index is 13.4. The number of esters is 1. The summed E-state index contributed by atoms with van der Waals surface area (Å²) in [6.45, 7) is 4.07. The molecule has 6 nitrogen and oxygen atoms in total. The molecule has 8 heteroatoms. The van der Waals surface area contributed by atoms with Gasteiger partial charge in [-0.1, -0.05) is 6.07 Å². The molecule has 3 amide bonds. The van der Waals surface area contributed by atoms with Gasteiger partial charge in [-0.3, -0.25) is 14.5 Å². The molecule has 1 atom stereocenters. The third-order valence-corrected chi connectivity index (χ3v) is 3.43. The number of amides is 3. The SMILES string of the molecule is CC(C)OC(=O)CN1C(=O)NC(C)(c2ccc(F)c(F)c2)C1=O. The van der Waals surface area contributed by atoms with Crippen molar-refractivity contribution < 1.29 is 27.9 Å². The van der Waals surface area contributed by atoms with Crippen molar-refractivity contribution >= 4 is 17.9 Å². The van der Waals surface area contributed by atoms with Crippen LogP contribution in [0.4, 0.5) is 13.6 Å². The summed E-state index contributed by atoms with van der Waals surface area (Å²) in [5, 5.41) is 2.39. The van der Waals surface area contributed by atoms with Gasteiger partial charge < -0.3 is 10.1 Å². The molecule has 0 bridgehead atoms. The van der Waals surface area contributed by atoms with Crippen LogP contribution < -0.4 is 5.32 Å². The number of halogens is 2. The minimum atomic E-state index is -1.58. The molecule has 1 aliphatic rings. The lowest BCUT2D eigenvalue weighted by atomic mass is 9.92. The Kier molecular flexibility index (Phi) is 4.35. The zero-order valence-electron chi connectivity index (χ0n) is 12.9. The van der Waals surface area contributed by atoms with Gasteiger partial charge in [-0.2, -0.15) is 0 Å². The van der Waals surface area contributed by atoms with Crippen LogP contribution in [0, 0.1) is 11.6 Å². The summed E-state index contributed by atoms with van der Waals surface area (Å²) in [6, 6.07) is 2.10. The first-order chi connectivity index (χ1) is 10.6. The molecule has 124 valence electrons. The highest BCUT2D eigenvalue weighted by molar-refractivity contribution is 6.08. The average molecular weight is 326 g/mol. The topological polar surface area (TPSA) is 75.7 Å². The molecule has 1 aromatic rings. The van der Waals surface area contributed by atoms with Crippen molar-refractivity contribution in [1.82, 2.24) is 10.2 Å². The molecule has 0 aliphatic carbocycles. The van der Waals surface area contributed by atoms with Crippen molar-refractivity contribution in [2.45, 2.75) is 32.4 Å². The van der Waals surface area contributed by atoms with E-state index in [1.54, 1.807) is 13.8 Å². The van der Waals surface area contributed by atoms with Gasteiger partial charge in [-0.05, 0) is 38.5 Å². The largest absolute Gasteiger partial charge is 0.462 e. The Morgan fingerprint density at radius 2 is 1.96 bits per heavy atom. The van der Waals surface area contributed by atoms with Crippen molar-refractivity contribution in [3.8, 4) is 0 Å². The van der Waals surface area contributed by atoms with Crippen molar-refractivity contribution in [3.63, 3.8) is 0 Å². The van der Waals surface area contributed by atoms with Gasteiger partial charge in [0.15, 0.2) is 11.6 Å². The summed E-state index contributed by atoms with van der Waals surface area (Å²) in [4.78, 5) is 36.8. The number of nitrogens with one attached hydrogen (secondary N) is 1. The van der Waals surface area contributed by atoms with Crippen LogP contribution in [0.2, 0.25) is 0 Å². The molecule has 1 fully saturated rings. The van der Waals surface area contributed by atoms with Crippen LogP contribution in [0.5, 0.6) is 0 Å². The van der Waals surface area contributed by atoms with E-state index in [1.165, 1.54) is 13.0 Å². The molecule has 1 heterocycles. The van der Waals surface area contributed by atoms with Gasteiger partial charge in [-0.25, -0.2) is 13.6 Å². The fourth-order valence-electron chi connectivity index (χ4n) is 2.27. The van der Waals surface area contributed by atoms with Gasteiger partial charge in [0, 0.05) is 0 Å². The lowest BCUT2D eigenvalue weighted by molar-refractivity contribution is -0.150. The van der Waals surface area contributed by atoms with Crippen LogP contribution in [-0.4, -0.2) is 35.5 Å². The maximum atomic E-state index is 13.4. The zero-order valence-corrected chi connectivity index (χ0v) is 12.9. The Balaban J connectivity index is 2.25. The van der Waals surface area contributed by atoms with Crippen LogP contribution in [0.1, 0.15) is 26.3 Å². The van der Waals surface area contributed by atoms with E-state index in [0.717, 1.165) is 12.1 Å². The lowest BCUT2D eigenvalue weighted by Crippen LogP contribution is -2.42. The third kappa shape index (κ3) is 3.15. The molecule has 0 radical (unpaired) electrons. The van der Waals surface area contributed by atoms with Gasteiger partial charge in [0.1, 0.15) is 12.1 Å². The van der Waals surface area contributed by atoms with E-state index in [0.29, 0.717) is 4.90 Å². The zero-order chi connectivity index (χ0) is 17.4. The second-order valence-corrected chi connectivity index (χ2v) is 5.61. The van der Waals surface area contributed by atoms with E-state index < -0.39 is 41.6 Å². The number of rotatable bonds is 4. The summed E-state index contributed by atoms with van der Waals surface area (Å²) in [5.74, 6) is -3.68. The van der Waals surface area contributed by atoms with E-state index >= 15 is 0 Å². The Morgan fingerprint density at radius 1 is 1.30 bits per heavy atom. The van der Waals surface area contributed by atoms with Crippen LogP contribution >= 0.6 is 0 Å². The lowest BCUT2D eigenvalue weighted by Gasteiger charge is -2.22. The Labute approximate surface area is 131 Å². The summed E-state index contributed by atoms with van der Waals surface area (Å²) in [6.07, 6.45) is -0.388. The smallest absolute Gasteiger partial charge is 0.326 e. The summed E-state index contributed by atoms with van der Waals surface area (Å²) >= 11 is 0. The molecule has 1 saturated heterocycles. The van der Waals surface area contributed by atoms with Crippen molar-refractivity contribution in [2.24, 2.45) is 0 Å². The van der Waals surface area contributed by atoms with Crippen molar-refractivity contribution in [3.05, 3.63) is 35.4 Å². The number of nitrogens with zero attached hydrogens (tertiary/aromatic N) is 1. The fourth-order valence-corrected chi connectivity index (χ4v) is 2.27. The van der Waals surface area contributed by atoms with E-state index in [-0.39, 0.29) is 11.7 Å². The number of ether oxygens (including phenoxy) is 1. The highest BCUT2D eigenvalue weighted by Gasteiger charge is 2.49. The number of imide groups is 1. The molecule has 0 saturated carbocycles. The number of urea groups is 1. The number of carbonyl (C=O) groups excluding carboxylic acids is 3. The van der Waals surface area contributed by atoms with E-state index in [9.17, 15) is 23.2 Å². The molecule has 1 aromatic carbocycles. The summed E-state index contributed by atoms with van der Waals surface area (Å²) in [7, 11) is 0. The first-order valence-corrected chi connectivity index (χ1v) is 6.94. The number of benzene rings is 1. The molecule has 23 heavy (non-hydrogen) atoms. The first-order valence-electron chi connectivity index (χ1n) is 6.94. The molecule has 0 spiro atoms. The van der Waals surface area contributed by atoms with Crippen molar-refractivity contribution in [1.29, 1.82) is 0 Å². The number of hydrogen-bond donors (Lipinski definition) is 1. The van der Waals surface area contributed by atoms with Crippen LogP contribution in [0.25, 0.3) is 0 Å². The molecular formula is C15H16F2N2O4. The molecule has 1 aliphatic heterocycles. The normalized spacial score (nSPS) is 20.9. The summed E-state index contributed by atoms with van der Waals surface area (Å²) in [5.41, 5.74) is -1.50. The monoisotopic (exact) mass is 326 g/mol. The van der Waals surface area contributed by atoms with Gasteiger partial charge in [-0.15, -0.1) is 0 Å². The first kappa shape index (κ1) is 16.9. The second kappa shape index (κ2) is 5.94.